The largest absolute Gasteiger partial charge is 0.311 e. The number of nitrogens with zero attached hydrogens (tertiary/aromatic N) is 3. The first-order valence-electron chi connectivity index (χ1n) is 10.5. The summed E-state index contributed by atoms with van der Waals surface area (Å²) in [6, 6.07) is 0.708. The summed E-state index contributed by atoms with van der Waals surface area (Å²) in [5.41, 5.74) is 1.04. The fourth-order valence-corrected chi connectivity index (χ4v) is 5.48. The van der Waals surface area contributed by atoms with Gasteiger partial charge < -0.3 is 4.57 Å². The van der Waals surface area contributed by atoms with Gasteiger partial charge in [0.05, 0.1) is 0 Å². The Morgan fingerprint density at radius 3 is 2.21 bits per heavy atom. The maximum atomic E-state index is 4.80. The van der Waals surface area contributed by atoms with Crippen LogP contribution in [0.15, 0.2) is 0 Å². The number of aromatic nitrogens is 3. The predicted octanol–water partition coefficient (Wildman–Crippen LogP) is 5.91. The van der Waals surface area contributed by atoms with Crippen molar-refractivity contribution in [3.63, 3.8) is 0 Å². The molecule has 0 aliphatic heterocycles. The molecule has 1 heterocycles. The Kier molecular flexibility index (Phi) is 4.25. The highest BCUT2D eigenvalue weighted by atomic mass is 15.3. The monoisotopic (exact) mass is 329 g/mol. The maximum Gasteiger partial charge on any atom is 0.139 e. The minimum absolute atomic E-state index is 0.356. The molecule has 134 valence electrons. The minimum Gasteiger partial charge on any atom is -0.311 e. The average Bonchev–Trinajstić information content (AvgIpc) is 3.34. The van der Waals surface area contributed by atoms with E-state index in [0.717, 1.165) is 0 Å². The third-order valence-electron chi connectivity index (χ3n) is 7.34. The molecule has 0 amide bonds. The Balaban J connectivity index is 1.55. The quantitative estimate of drug-likeness (QED) is 0.582. The normalized spacial score (nSPS) is 32.7. The molecule has 1 aromatic rings. The molecule has 0 radical (unpaired) electrons. The smallest absolute Gasteiger partial charge is 0.139 e. The van der Waals surface area contributed by atoms with Crippen LogP contribution in [0.4, 0.5) is 0 Å². The lowest BCUT2D eigenvalue weighted by atomic mass is 9.52. The van der Waals surface area contributed by atoms with Gasteiger partial charge in [-0.3, -0.25) is 0 Å². The van der Waals surface area contributed by atoms with E-state index in [-0.39, 0.29) is 0 Å². The zero-order valence-corrected chi connectivity index (χ0v) is 16.0. The fourth-order valence-electron chi connectivity index (χ4n) is 5.48. The van der Waals surface area contributed by atoms with Crippen molar-refractivity contribution in [2.75, 3.05) is 0 Å². The van der Waals surface area contributed by atoms with Crippen molar-refractivity contribution in [2.45, 2.75) is 115 Å². The van der Waals surface area contributed by atoms with Crippen LogP contribution in [-0.4, -0.2) is 14.8 Å². The van der Waals surface area contributed by atoms with E-state index in [1.165, 1.54) is 88.7 Å². The molecule has 4 aliphatic carbocycles. The average molecular weight is 330 g/mol. The highest BCUT2D eigenvalue weighted by Gasteiger charge is 2.52. The van der Waals surface area contributed by atoms with E-state index in [2.05, 4.69) is 30.4 Å². The van der Waals surface area contributed by atoms with Gasteiger partial charge in [-0.1, -0.05) is 40.0 Å². The van der Waals surface area contributed by atoms with Crippen LogP contribution in [0.3, 0.4) is 0 Å². The second kappa shape index (κ2) is 6.14. The van der Waals surface area contributed by atoms with Crippen molar-refractivity contribution in [1.29, 1.82) is 0 Å². The van der Waals surface area contributed by atoms with Crippen LogP contribution in [-0.2, 0) is 5.41 Å². The molecule has 2 bridgehead atoms. The summed E-state index contributed by atoms with van der Waals surface area (Å²) in [5, 5.41) is 9.45. The van der Waals surface area contributed by atoms with E-state index >= 15 is 0 Å². The number of unbranched alkanes of at least 4 members (excludes halogenated alkanes) is 2. The van der Waals surface area contributed by atoms with Crippen LogP contribution in [0.1, 0.15) is 121 Å². The Bertz CT molecular complexity index is 557. The Labute approximate surface area is 147 Å². The molecule has 0 unspecified atom stereocenters. The molecular weight excluding hydrogens is 294 g/mol. The van der Waals surface area contributed by atoms with Gasteiger partial charge in [-0.05, 0) is 63.2 Å². The first-order valence-corrected chi connectivity index (χ1v) is 10.5. The third-order valence-corrected chi connectivity index (χ3v) is 7.34. The summed E-state index contributed by atoms with van der Waals surface area (Å²) in [4.78, 5) is 0. The van der Waals surface area contributed by atoms with E-state index in [9.17, 15) is 0 Å². The van der Waals surface area contributed by atoms with E-state index in [0.29, 0.717) is 22.8 Å². The zero-order chi connectivity index (χ0) is 16.8. The number of fused-ring (bicyclic) bond motifs is 3. The molecule has 4 aliphatic rings. The van der Waals surface area contributed by atoms with Gasteiger partial charge in [-0.25, -0.2) is 0 Å². The van der Waals surface area contributed by atoms with E-state index in [1.807, 2.05) is 0 Å². The van der Waals surface area contributed by atoms with Crippen molar-refractivity contribution in [3.8, 4) is 0 Å². The first-order chi connectivity index (χ1) is 11.6. The zero-order valence-electron chi connectivity index (χ0n) is 16.0. The molecule has 3 heteroatoms. The Hall–Kier alpha value is -0.860. The van der Waals surface area contributed by atoms with Gasteiger partial charge in [0.25, 0.3) is 0 Å². The molecule has 0 N–H and O–H groups in total. The van der Waals surface area contributed by atoms with Crippen molar-refractivity contribution in [2.24, 2.45) is 5.41 Å². The van der Waals surface area contributed by atoms with Crippen LogP contribution in [0.5, 0.6) is 0 Å². The number of hydrogen-bond donors (Lipinski definition) is 0. The lowest BCUT2D eigenvalue weighted by Gasteiger charge is -2.53. The van der Waals surface area contributed by atoms with Crippen molar-refractivity contribution in [3.05, 3.63) is 11.6 Å². The fraction of sp³-hybridized carbons (Fsp3) is 0.905. The standard InChI is InChI=1S/C21H35N3/c1-4-5-6-9-20-10-13-21(14-11-20,15-12-20)19-23-22-18(16(2)3)24(19)17-7-8-17/h16-17H,4-15H2,1-3H3. The Morgan fingerprint density at radius 2 is 1.67 bits per heavy atom. The first kappa shape index (κ1) is 16.6. The summed E-state index contributed by atoms with van der Waals surface area (Å²) >= 11 is 0. The van der Waals surface area contributed by atoms with Gasteiger partial charge in [0.2, 0.25) is 0 Å². The second-order valence-electron chi connectivity index (χ2n) is 9.38. The highest BCUT2D eigenvalue weighted by molar-refractivity contribution is 5.20. The molecule has 0 atom stereocenters. The highest BCUT2D eigenvalue weighted by Crippen LogP contribution is 2.60. The molecule has 0 saturated heterocycles. The lowest BCUT2D eigenvalue weighted by molar-refractivity contribution is 0.0244. The topological polar surface area (TPSA) is 30.7 Å². The molecular formula is C21H35N3. The van der Waals surface area contributed by atoms with Gasteiger partial charge in [-0.15, -0.1) is 10.2 Å². The molecule has 5 rings (SSSR count). The number of rotatable bonds is 7. The molecule has 1 aromatic heterocycles. The minimum atomic E-state index is 0.356. The van der Waals surface area contributed by atoms with Crippen LogP contribution in [0.2, 0.25) is 0 Å². The maximum absolute atomic E-state index is 4.80. The SMILES string of the molecule is CCCCCC12CCC(c3nnc(C(C)C)n3C3CC3)(CC1)CC2. The van der Waals surface area contributed by atoms with Gasteiger partial charge in [0.1, 0.15) is 11.6 Å². The predicted molar refractivity (Wildman–Crippen MR) is 98.3 cm³/mol. The summed E-state index contributed by atoms with van der Waals surface area (Å²) in [6.07, 6.45) is 16.8. The van der Waals surface area contributed by atoms with E-state index < -0.39 is 0 Å². The summed E-state index contributed by atoms with van der Waals surface area (Å²) in [5.74, 6) is 3.10. The summed E-state index contributed by atoms with van der Waals surface area (Å²) < 4.78 is 2.58. The van der Waals surface area contributed by atoms with Crippen LogP contribution < -0.4 is 0 Å². The van der Waals surface area contributed by atoms with Crippen LogP contribution in [0.25, 0.3) is 0 Å². The van der Waals surface area contributed by atoms with Gasteiger partial charge in [0, 0.05) is 17.4 Å². The lowest BCUT2D eigenvalue weighted by Crippen LogP contribution is -2.45. The molecule has 3 nitrogen and oxygen atoms in total. The molecule has 4 saturated carbocycles. The van der Waals surface area contributed by atoms with Crippen LogP contribution in [0, 0.1) is 5.41 Å². The van der Waals surface area contributed by atoms with Gasteiger partial charge in [-0.2, -0.15) is 0 Å². The van der Waals surface area contributed by atoms with Gasteiger partial charge >= 0.3 is 0 Å². The molecule has 0 spiro atoms. The van der Waals surface area contributed by atoms with Crippen molar-refractivity contribution < 1.29 is 0 Å². The van der Waals surface area contributed by atoms with E-state index in [4.69, 9.17) is 5.10 Å². The van der Waals surface area contributed by atoms with Crippen molar-refractivity contribution >= 4 is 0 Å². The second-order valence-corrected chi connectivity index (χ2v) is 9.38. The summed E-state index contributed by atoms with van der Waals surface area (Å²) in [7, 11) is 0. The van der Waals surface area contributed by atoms with Crippen molar-refractivity contribution in [1.82, 2.24) is 14.8 Å². The third kappa shape index (κ3) is 2.72. The molecule has 4 fully saturated rings. The Morgan fingerprint density at radius 1 is 1.00 bits per heavy atom. The number of hydrogen-bond acceptors (Lipinski definition) is 2. The van der Waals surface area contributed by atoms with Gasteiger partial charge in [0.15, 0.2) is 0 Å². The summed E-state index contributed by atoms with van der Waals surface area (Å²) in [6.45, 7) is 6.86. The molecule has 0 aromatic carbocycles. The van der Waals surface area contributed by atoms with E-state index in [1.54, 1.807) is 0 Å². The molecule has 24 heavy (non-hydrogen) atoms. The van der Waals surface area contributed by atoms with Crippen LogP contribution >= 0.6 is 0 Å².